The molecule has 0 aliphatic heterocycles. The molecule has 0 N–H and O–H groups in total. The number of halogens is 2. The first-order chi connectivity index (χ1) is 13.9. The van der Waals surface area contributed by atoms with Gasteiger partial charge >= 0.3 is 0 Å². The SMILES string of the molecule is CN(Cc1ccn(C)n1)C(=O)c1cnn2c(C(F)F)cc(-c3ccccc3)nc12. The molecule has 3 heterocycles. The number of rotatable bonds is 5. The number of hydrogen-bond acceptors (Lipinski definition) is 4. The van der Waals surface area contributed by atoms with Gasteiger partial charge in [0.25, 0.3) is 12.3 Å². The van der Waals surface area contributed by atoms with Gasteiger partial charge in [0.15, 0.2) is 5.65 Å². The molecule has 0 saturated carbocycles. The standard InChI is InChI=1S/C20H18F2N6O/c1-26(12-14-8-9-27(2)25-14)20(29)15-11-23-28-17(18(21)22)10-16(24-19(15)28)13-6-4-3-5-7-13/h3-11,18H,12H2,1-2H3. The molecule has 4 rings (SSSR count). The van der Waals surface area contributed by atoms with Crippen LogP contribution in [0.3, 0.4) is 0 Å². The van der Waals surface area contributed by atoms with Crippen molar-refractivity contribution in [1.82, 2.24) is 29.3 Å². The van der Waals surface area contributed by atoms with Crippen LogP contribution in [0.1, 0.15) is 28.2 Å². The van der Waals surface area contributed by atoms with E-state index in [-0.39, 0.29) is 29.4 Å². The number of benzene rings is 1. The molecule has 148 valence electrons. The topological polar surface area (TPSA) is 68.3 Å². The lowest BCUT2D eigenvalue weighted by atomic mass is 10.1. The van der Waals surface area contributed by atoms with Gasteiger partial charge in [-0.25, -0.2) is 18.3 Å². The maximum atomic E-state index is 13.7. The normalized spacial score (nSPS) is 11.3. The van der Waals surface area contributed by atoms with E-state index in [2.05, 4.69) is 15.2 Å². The lowest BCUT2D eigenvalue weighted by Crippen LogP contribution is -2.26. The Labute approximate surface area is 165 Å². The average Bonchev–Trinajstić information content (AvgIpc) is 3.33. The fourth-order valence-electron chi connectivity index (χ4n) is 3.12. The Morgan fingerprint density at radius 1 is 1.21 bits per heavy atom. The van der Waals surface area contributed by atoms with Gasteiger partial charge in [-0.1, -0.05) is 30.3 Å². The Morgan fingerprint density at radius 3 is 2.62 bits per heavy atom. The molecule has 4 aromatic rings. The summed E-state index contributed by atoms with van der Waals surface area (Å²) < 4.78 is 30.0. The van der Waals surface area contributed by atoms with Gasteiger partial charge in [-0.2, -0.15) is 10.2 Å². The quantitative estimate of drug-likeness (QED) is 0.519. The second-order valence-corrected chi connectivity index (χ2v) is 6.67. The van der Waals surface area contributed by atoms with Crippen LogP contribution in [0.15, 0.2) is 54.9 Å². The van der Waals surface area contributed by atoms with Crippen LogP contribution in [0.4, 0.5) is 8.78 Å². The van der Waals surface area contributed by atoms with Gasteiger partial charge in [0, 0.05) is 25.9 Å². The molecule has 0 aliphatic rings. The van der Waals surface area contributed by atoms with Gasteiger partial charge in [0.05, 0.1) is 24.1 Å². The number of fused-ring (bicyclic) bond motifs is 1. The Kier molecular flexibility index (Phi) is 4.79. The zero-order valence-corrected chi connectivity index (χ0v) is 15.8. The maximum absolute atomic E-state index is 13.7. The van der Waals surface area contributed by atoms with E-state index in [1.807, 2.05) is 6.07 Å². The second-order valence-electron chi connectivity index (χ2n) is 6.67. The fourth-order valence-corrected chi connectivity index (χ4v) is 3.12. The molecule has 9 heteroatoms. The molecular weight excluding hydrogens is 378 g/mol. The number of carbonyl (C=O) groups is 1. The van der Waals surface area contributed by atoms with Crippen LogP contribution in [-0.4, -0.2) is 42.2 Å². The summed E-state index contributed by atoms with van der Waals surface area (Å²) in [4.78, 5) is 18.9. The zero-order chi connectivity index (χ0) is 20.5. The van der Waals surface area contributed by atoms with E-state index in [9.17, 15) is 13.6 Å². The van der Waals surface area contributed by atoms with Crippen LogP contribution in [0.2, 0.25) is 0 Å². The third-order valence-electron chi connectivity index (χ3n) is 4.54. The largest absolute Gasteiger partial charge is 0.336 e. The smallest absolute Gasteiger partial charge is 0.280 e. The highest BCUT2D eigenvalue weighted by Gasteiger charge is 2.23. The average molecular weight is 396 g/mol. The van der Waals surface area contributed by atoms with E-state index < -0.39 is 6.43 Å². The predicted octanol–water partition coefficient (Wildman–Crippen LogP) is 3.34. The Hall–Kier alpha value is -3.62. The molecule has 0 spiro atoms. The van der Waals surface area contributed by atoms with Crippen molar-refractivity contribution < 1.29 is 13.6 Å². The number of amides is 1. The first-order valence-electron chi connectivity index (χ1n) is 8.90. The number of carbonyl (C=O) groups excluding carboxylic acids is 1. The summed E-state index contributed by atoms with van der Waals surface area (Å²) in [6, 6.07) is 12.1. The molecule has 0 atom stereocenters. The van der Waals surface area contributed by atoms with Gasteiger partial charge in [0.1, 0.15) is 11.3 Å². The van der Waals surface area contributed by atoms with Gasteiger partial charge in [0.2, 0.25) is 0 Å². The van der Waals surface area contributed by atoms with Crippen molar-refractivity contribution in [2.75, 3.05) is 7.05 Å². The summed E-state index contributed by atoms with van der Waals surface area (Å²) in [7, 11) is 3.41. The number of alkyl halides is 2. The zero-order valence-electron chi connectivity index (χ0n) is 15.8. The molecule has 0 unspecified atom stereocenters. The van der Waals surface area contributed by atoms with Gasteiger partial charge < -0.3 is 4.90 Å². The highest BCUT2D eigenvalue weighted by atomic mass is 19.3. The number of nitrogens with zero attached hydrogens (tertiary/aromatic N) is 6. The summed E-state index contributed by atoms with van der Waals surface area (Å²) in [6.45, 7) is 0.275. The molecular formula is C20H18F2N6O. The first-order valence-corrected chi connectivity index (χ1v) is 8.90. The Bertz CT molecular complexity index is 1170. The van der Waals surface area contributed by atoms with E-state index in [0.717, 1.165) is 4.52 Å². The molecule has 0 bridgehead atoms. The molecule has 0 saturated heterocycles. The van der Waals surface area contributed by atoms with Crippen LogP contribution in [0.25, 0.3) is 16.9 Å². The molecule has 0 radical (unpaired) electrons. The lowest BCUT2D eigenvalue weighted by Gasteiger charge is -2.15. The minimum atomic E-state index is -2.77. The van der Waals surface area contributed by atoms with Crippen molar-refractivity contribution in [1.29, 1.82) is 0 Å². The summed E-state index contributed by atoms with van der Waals surface area (Å²) >= 11 is 0. The Morgan fingerprint density at radius 2 is 1.97 bits per heavy atom. The molecule has 0 aliphatic carbocycles. The van der Waals surface area contributed by atoms with Crippen LogP contribution in [-0.2, 0) is 13.6 Å². The number of aromatic nitrogens is 5. The van der Waals surface area contributed by atoms with Crippen molar-refractivity contribution in [3.8, 4) is 11.3 Å². The second kappa shape index (κ2) is 7.42. The highest BCUT2D eigenvalue weighted by Crippen LogP contribution is 2.27. The van der Waals surface area contributed by atoms with Gasteiger partial charge in [-0.05, 0) is 12.1 Å². The molecule has 29 heavy (non-hydrogen) atoms. The molecule has 7 nitrogen and oxygen atoms in total. The molecule has 1 amide bonds. The van der Waals surface area contributed by atoms with E-state index in [4.69, 9.17) is 0 Å². The summed E-state index contributed by atoms with van der Waals surface area (Å²) in [6.07, 6.45) is 0.295. The van der Waals surface area contributed by atoms with E-state index in [1.54, 1.807) is 55.3 Å². The van der Waals surface area contributed by atoms with Crippen molar-refractivity contribution >= 4 is 11.6 Å². The highest BCUT2D eigenvalue weighted by molar-refractivity contribution is 5.99. The summed E-state index contributed by atoms with van der Waals surface area (Å²) in [5.74, 6) is -0.372. The van der Waals surface area contributed by atoms with E-state index in [1.165, 1.54) is 17.2 Å². The minimum Gasteiger partial charge on any atom is -0.336 e. The van der Waals surface area contributed by atoms with Crippen LogP contribution in [0, 0.1) is 0 Å². The molecule has 1 aromatic carbocycles. The van der Waals surface area contributed by atoms with Crippen molar-refractivity contribution in [2.45, 2.75) is 13.0 Å². The third kappa shape index (κ3) is 3.58. The van der Waals surface area contributed by atoms with E-state index >= 15 is 0 Å². The number of hydrogen-bond donors (Lipinski definition) is 0. The van der Waals surface area contributed by atoms with Gasteiger partial charge in [-0.3, -0.25) is 9.48 Å². The Balaban J connectivity index is 1.76. The third-order valence-corrected chi connectivity index (χ3v) is 4.54. The van der Waals surface area contributed by atoms with Crippen LogP contribution in [0.5, 0.6) is 0 Å². The van der Waals surface area contributed by atoms with Crippen molar-refractivity contribution in [3.05, 3.63) is 71.8 Å². The molecule has 3 aromatic heterocycles. The lowest BCUT2D eigenvalue weighted by molar-refractivity contribution is 0.0784. The van der Waals surface area contributed by atoms with Gasteiger partial charge in [-0.15, -0.1) is 0 Å². The van der Waals surface area contributed by atoms with Crippen molar-refractivity contribution in [2.24, 2.45) is 7.05 Å². The van der Waals surface area contributed by atoms with Crippen LogP contribution >= 0.6 is 0 Å². The molecule has 0 fully saturated rings. The predicted molar refractivity (Wildman–Crippen MR) is 102 cm³/mol. The summed E-state index contributed by atoms with van der Waals surface area (Å²) in [5, 5.41) is 8.25. The first kappa shape index (κ1) is 18.7. The monoisotopic (exact) mass is 396 g/mol. The van der Waals surface area contributed by atoms with Crippen molar-refractivity contribution in [3.63, 3.8) is 0 Å². The maximum Gasteiger partial charge on any atom is 0.280 e. The van der Waals surface area contributed by atoms with E-state index in [0.29, 0.717) is 17.0 Å². The number of aryl methyl sites for hydroxylation is 1. The fraction of sp³-hybridized carbons (Fsp3) is 0.200. The van der Waals surface area contributed by atoms with Crippen LogP contribution < -0.4 is 0 Å². The minimum absolute atomic E-state index is 0.0968. The summed E-state index contributed by atoms with van der Waals surface area (Å²) in [5.41, 5.74) is 1.68.